The third-order valence-electron chi connectivity index (χ3n) is 3.36. The zero-order valence-electron chi connectivity index (χ0n) is 12.7. The lowest BCUT2D eigenvalue weighted by molar-refractivity contribution is -0.384. The van der Waals surface area contributed by atoms with Gasteiger partial charge in [0.25, 0.3) is 11.6 Å². The van der Waals surface area contributed by atoms with Gasteiger partial charge < -0.3 is 9.47 Å². The van der Waals surface area contributed by atoms with Crippen LogP contribution in [0, 0.1) is 10.1 Å². The summed E-state index contributed by atoms with van der Waals surface area (Å²) in [4.78, 5) is 22.3. The Balaban J connectivity index is 1.62. The van der Waals surface area contributed by atoms with Gasteiger partial charge in [-0.05, 0) is 18.2 Å². The standard InChI is InChI=1S/C16H12ClN3O5/c17-11-6-5-10(7-12(11)20(22)23)8-18-19-16(21)15-9-24-13-3-1-2-4-14(13)25-15/h1-8,15H,9H2,(H,19,21)/b18-8+. The summed E-state index contributed by atoms with van der Waals surface area (Å²) < 4.78 is 11.0. The van der Waals surface area contributed by atoms with Gasteiger partial charge in [0, 0.05) is 11.6 Å². The highest BCUT2D eigenvalue weighted by Crippen LogP contribution is 2.30. The Kier molecular flexibility index (Phi) is 4.80. The van der Waals surface area contributed by atoms with E-state index in [1.165, 1.54) is 18.3 Å². The number of rotatable bonds is 4. The third kappa shape index (κ3) is 3.86. The van der Waals surface area contributed by atoms with Crippen molar-refractivity contribution in [2.45, 2.75) is 6.10 Å². The van der Waals surface area contributed by atoms with E-state index >= 15 is 0 Å². The van der Waals surface area contributed by atoms with Crippen LogP contribution in [-0.4, -0.2) is 29.8 Å². The zero-order chi connectivity index (χ0) is 17.8. The summed E-state index contributed by atoms with van der Waals surface area (Å²) in [5.41, 5.74) is 2.50. The van der Waals surface area contributed by atoms with Crippen molar-refractivity contribution in [3.8, 4) is 11.5 Å². The Morgan fingerprint density at radius 1 is 1.32 bits per heavy atom. The molecule has 1 atom stereocenters. The number of nitrogens with one attached hydrogen (secondary N) is 1. The number of hydrazone groups is 1. The van der Waals surface area contributed by atoms with Gasteiger partial charge in [0.2, 0.25) is 6.10 Å². The molecule has 1 amide bonds. The predicted molar refractivity (Wildman–Crippen MR) is 90.2 cm³/mol. The van der Waals surface area contributed by atoms with Gasteiger partial charge in [0.15, 0.2) is 11.5 Å². The Labute approximate surface area is 147 Å². The molecule has 0 fully saturated rings. The van der Waals surface area contributed by atoms with Crippen LogP contribution in [0.5, 0.6) is 11.5 Å². The number of amides is 1. The number of hydrogen-bond acceptors (Lipinski definition) is 6. The van der Waals surface area contributed by atoms with Crippen LogP contribution in [0.1, 0.15) is 5.56 Å². The van der Waals surface area contributed by atoms with Crippen molar-refractivity contribution in [1.29, 1.82) is 0 Å². The first-order valence-electron chi connectivity index (χ1n) is 7.20. The fourth-order valence-corrected chi connectivity index (χ4v) is 2.33. The van der Waals surface area contributed by atoms with Gasteiger partial charge in [-0.25, -0.2) is 5.43 Å². The largest absolute Gasteiger partial charge is 0.485 e. The van der Waals surface area contributed by atoms with E-state index in [1.807, 2.05) is 0 Å². The maximum Gasteiger partial charge on any atom is 0.288 e. The molecule has 25 heavy (non-hydrogen) atoms. The Bertz CT molecular complexity index is 855. The first-order valence-corrected chi connectivity index (χ1v) is 7.58. The number of nitro benzene ring substituents is 1. The molecule has 0 saturated heterocycles. The zero-order valence-corrected chi connectivity index (χ0v) is 13.5. The van der Waals surface area contributed by atoms with Gasteiger partial charge >= 0.3 is 0 Å². The van der Waals surface area contributed by atoms with E-state index < -0.39 is 16.9 Å². The van der Waals surface area contributed by atoms with Crippen molar-refractivity contribution in [3.63, 3.8) is 0 Å². The molecule has 0 aliphatic carbocycles. The van der Waals surface area contributed by atoms with Crippen LogP contribution in [-0.2, 0) is 4.79 Å². The second-order valence-electron chi connectivity index (χ2n) is 5.07. The Morgan fingerprint density at radius 2 is 2.08 bits per heavy atom. The molecule has 8 nitrogen and oxygen atoms in total. The SMILES string of the molecule is O=C(N/N=C/c1ccc(Cl)c([N+](=O)[O-])c1)C1COc2ccccc2O1. The smallest absolute Gasteiger partial charge is 0.288 e. The number of halogens is 1. The number of nitro groups is 1. The van der Waals surface area contributed by atoms with Crippen molar-refractivity contribution in [2.75, 3.05) is 6.61 Å². The molecule has 0 radical (unpaired) electrons. The molecular formula is C16H12ClN3O5. The number of para-hydroxylation sites is 2. The monoisotopic (exact) mass is 361 g/mol. The highest BCUT2D eigenvalue weighted by Gasteiger charge is 2.27. The Hall–Kier alpha value is -3.13. The van der Waals surface area contributed by atoms with E-state index in [4.69, 9.17) is 21.1 Å². The lowest BCUT2D eigenvalue weighted by Crippen LogP contribution is -2.42. The number of carbonyl (C=O) groups is 1. The maximum atomic E-state index is 12.1. The quantitative estimate of drug-likeness (QED) is 0.512. The van der Waals surface area contributed by atoms with E-state index in [9.17, 15) is 14.9 Å². The molecule has 0 spiro atoms. The number of carbonyl (C=O) groups excluding carboxylic acids is 1. The van der Waals surface area contributed by atoms with E-state index in [2.05, 4.69) is 10.5 Å². The second kappa shape index (κ2) is 7.18. The summed E-state index contributed by atoms with van der Waals surface area (Å²) in [5, 5.41) is 14.6. The summed E-state index contributed by atoms with van der Waals surface area (Å²) in [7, 11) is 0. The van der Waals surface area contributed by atoms with Crippen molar-refractivity contribution >= 4 is 29.4 Å². The molecule has 0 saturated carbocycles. The molecule has 1 heterocycles. The number of ether oxygens (including phenoxy) is 2. The van der Waals surface area contributed by atoms with Gasteiger partial charge in [-0.15, -0.1) is 0 Å². The van der Waals surface area contributed by atoms with Crippen molar-refractivity contribution in [2.24, 2.45) is 5.10 Å². The lowest BCUT2D eigenvalue weighted by Gasteiger charge is -2.24. The molecule has 0 aromatic heterocycles. The van der Waals surface area contributed by atoms with E-state index in [1.54, 1.807) is 30.3 Å². The van der Waals surface area contributed by atoms with Crippen molar-refractivity contribution in [1.82, 2.24) is 5.43 Å². The van der Waals surface area contributed by atoms with E-state index in [0.717, 1.165) is 0 Å². The Morgan fingerprint density at radius 3 is 2.84 bits per heavy atom. The lowest BCUT2D eigenvalue weighted by atomic mass is 10.2. The molecule has 2 aromatic carbocycles. The minimum absolute atomic E-state index is 0.0256. The topological polar surface area (TPSA) is 103 Å². The molecule has 128 valence electrons. The normalized spacial score (nSPS) is 15.8. The van der Waals surface area contributed by atoms with Crippen LogP contribution in [0.2, 0.25) is 5.02 Å². The molecule has 1 unspecified atom stereocenters. The summed E-state index contributed by atoms with van der Waals surface area (Å²) in [6, 6.07) is 11.2. The number of hydrogen-bond donors (Lipinski definition) is 1. The summed E-state index contributed by atoms with van der Waals surface area (Å²) in [5.74, 6) is 0.559. The first kappa shape index (κ1) is 16.7. The van der Waals surface area contributed by atoms with Gasteiger partial charge in [0.1, 0.15) is 11.6 Å². The predicted octanol–water partition coefficient (Wildman–Crippen LogP) is 2.54. The van der Waals surface area contributed by atoms with Gasteiger partial charge in [-0.2, -0.15) is 5.10 Å². The molecular weight excluding hydrogens is 350 g/mol. The first-order chi connectivity index (χ1) is 12.0. The van der Waals surface area contributed by atoms with Crippen LogP contribution in [0.25, 0.3) is 0 Å². The van der Waals surface area contributed by atoms with Crippen LogP contribution < -0.4 is 14.9 Å². The molecule has 1 N–H and O–H groups in total. The third-order valence-corrected chi connectivity index (χ3v) is 3.68. The average Bonchev–Trinajstić information content (AvgIpc) is 2.62. The van der Waals surface area contributed by atoms with Crippen LogP contribution >= 0.6 is 11.6 Å². The molecule has 3 rings (SSSR count). The number of fused-ring (bicyclic) bond motifs is 1. The minimum atomic E-state index is -0.841. The molecule has 1 aliphatic rings. The summed E-state index contributed by atoms with van der Waals surface area (Å²) in [6.45, 7) is 0.0603. The highest BCUT2D eigenvalue weighted by molar-refractivity contribution is 6.32. The second-order valence-corrected chi connectivity index (χ2v) is 5.47. The van der Waals surface area contributed by atoms with Crippen molar-refractivity contribution < 1.29 is 19.2 Å². The summed E-state index contributed by atoms with van der Waals surface area (Å²) in [6.07, 6.45) is 0.436. The molecule has 9 heteroatoms. The van der Waals surface area contributed by atoms with Crippen LogP contribution in [0.4, 0.5) is 5.69 Å². The fraction of sp³-hybridized carbons (Fsp3) is 0.125. The van der Waals surface area contributed by atoms with Crippen LogP contribution in [0.3, 0.4) is 0 Å². The van der Waals surface area contributed by atoms with Gasteiger partial charge in [0.05, 0.1) is 11.1 Å². The number of benzene rings is 2. The highest BCUT2D eigenvalue weighted by atomic mass is 35.5. The molecule has 2 aromatic rings. The number of nitrogens with zero attached hydrogens (tertiary/aromatic N) is 2. The van der Waals surface area contributed by atoms with Gasteiger partial charge in [-0.1, -0.05) is 29.8 Å². The van der Waals surface area contributed by atoms with Crippen LogP contribution in [0.15, 0.2) is 47.6 Å². The fourth-order valence-electron chi connectivity index (χ4n) is 2.14. The molecule has 1 aliphatic heterocycles. The maximum absolute atomic E-state index is 12.1. The van der Waals surface area contributed by atoms with Gasteiger partial charge in [-0.3, -0.25) is 14.9 Å². The molecule has 0 bridgehead atoms. The summed E-state index contributed by atoms with van der Waals surface area (Å²) >= 11 is 5.73. The van der Waals surface area contributed by atoms with E-state index in [-0.39, 0.29) is 17.3 Å². The average molecular weight is 362 g/mol. The van der Waals surface area contributed by atoms with Crippen molar-refractivity contribution in [3.05, 3.63) is 63.2 Å². The van der Waals surface area contributed by atoms with E-state index in [0.29, 0.717) is 17.1 Å². The minimum Gasteiger partial charge on any atom is -0.485 e.